The first-order valence-corrected chi connectivity index (χ1v) is 10.0. The summed E-state index contributed by atoms with van der Waals surface area (Å²) < 4.78 is 25.7. The molecular weight excluding hydrogens is 425 g/mol. The maximum Gasteiger partial charge on any atom is 0.513 e. The molecule has 152 valence electrons. The first kappa shape index (κ1) is 21.2. The van der Waals surface area contributed by atoms with Crippen LogP contribution in [-0.2, 0) is 14.0 Å². The zero-order chi connectivity index (χ0) is 21.1. The van der Waals surface area contributed by atoms with Gasteiger partial charge >= 0.3 is 13.2 Å². The van der Waals surface area contributed by atoms with E-state index in [2.05, 4.69) is 15.9 Å². The second-order valence-electron chi connectivity index (χ2n) is 9.02. The lowest BCUT2D eigenvalue weighted by atomic mass is 9.84. The first-order chi connectivity index (χ1) is 12.8. The number of carbonyl (C=O) groups excluding carboxylic acids is 1. The molecule has 0 aliphatic carbocycles. The molecule has 0 unspecified atom stereocenters. The normalized spacial score (nSPS) is 18.5. The Balaban J connectivity index is 2.18. The number of benzene rings is 1. The first-order valence-electron chi connectivity index (χ1n) is 9.23. The van der Waals surface area contributed by atoms with Crippen LogP contribution in [0, 0.1) is 0 Å². The summed E-state index contributed by atoms with van der Waals surface area (Å²) in [7, 11) is 0.904. The third kappa shape index (κ3) is 3.69. The van der Waals surface area contributed by atoms with Gasteiger partial charge in [-0.05, 0) is 82.6 Å². The Morgan fingerprint density at radius 2 is 1.68 bits per heavy atom. The largest absolute Gasteiger partial charge is 0.513 e. The molecule has 2 heterocycles. The number of aromatic nitrogens is 1. The van der Waals surface area contributed by atoms with Crippen molar-refractivity contribution >= 4 is 45.6 Å². The van der Waals surface area contributed by atoms with Crippen molar-refractivity contribution in [3.05, 3.63) is 22.7 Å². The van der Waals surface area contributed by atoms with E-state index in [-0.39, 0.29) is 0 Å². The highest BCUT2D eigenvalue weighted by molar-refractivity contribution is 9.10. The Morgan fingerprint density at radius 1 is 1.11 bits per heavy atom. The second-order valence-corrected chi connectivity index (χ2v) is 9.87. The molecule has 1 aliphatic rings. The number of ether oxygens (including phenoxy) is 2. The van der Waals surface area contributed by atoms with Gasteiger partial charge in [-0.2, -0.15) is 0 Å². The zero-order valence-corrected chi connectivity index (χ0v) is 19.3. The fourth-order valence-corrected chi connectivity index (χ4v) is 3.53. The molecule has 1 aromatic heterocycles. The monoisotopic (exact) mass is 451 g/mol. The molecule has 1 aromatic carbocycles. The number of rotatable bonds is 2. The highest BCUT2D eigenvalue weighted by atomic mass is 79.9. The van der Waals surface area contributed by atoms with Crippen molar-refractivity contribution in [2.24, 2.45) is 0 Å². The standard InChI is InChI=1S/C20H27BBrNO5/c1-18(2,3)26-17(24)23-14-11-13(22)15(25-8)9-12(14)10-16(23)21-27-19(4,5)20(6,7)28-21/h9-11H,1-8H3. The van der Waals surface area contributed by atoms with Crippen LogP contribution in [0.2, 0.25) is 0 Å². The zero-order valence-electron chi connectivity index (χ0n) is 17.7. The van der Waals surface area contributed by atoms with E-state index in [1.165, 1.54) is 4.57 Å². The number of nitrogens with zero attached hydrogens (tertiary/aromatic N) is 1. The molecule has 8 heteroatoms. The lowest BCUT2D eigenvalue weighted by Crippen LogP contribution is -2.43. The van der Waals surface area contributed by atoms with Crippen molar-refractivity contribution in [1.29, 1.82) is 0 Å². The highest BCUT2D eigenvalue weighted by Crippen LogP contribution is 2.37. The van der Waals surface area contributed by atoms with Gasteiger partial charge in [0.15, 0.2) is 0 Å². The summed E-state index contributed by atoms with van der Waals surface area (Å²) in [5.41, 5.74) is -0.407. The third-order valence-electron chi connectivity index (χ3n) is 5.17. The summed E-state index contributed by atoms with van der Waals surface area (Å²) in [4.78, 5) is 13.1. The summed E-state index contributed by atoms with van der Waals surface area (Å²) in [6.45, 7) is 13.4. The van der Waals surface area contributed by atoms with Gasteiger partial charge in [0, 0.05) is 5.39 Å². The van der Waals surface area contributed by atoms with Crippen LogP contribution >= 0.6 is 15.9 Å². The molecule has 1 aliphatic heterocycles. The van der Waals surface area contributed by atoms with Crippen molar-refractivity contribution in [1.82, 2.24) is 4.57 Å². The highest BCUT2D eigenvalue weighted by Gasteiger charge is 2.53. The lowest BCUT2D eigenvalue weighted by molar-refractivity contribution is 0.00578. The molecule has 28 heavy (non-hydrogen) atoms. The number of hydrogen-bond acceptors (Lipinski definition) is 5. The number of fused-ring (bicyclic) bond motifs is 1. The minimum absolute atomic E-state index is 0.482. The molecule has 1 saturated heterocycles. The average molecular weight is 452 g/mol. The molecule has 0 spiro atoms. The molecule has 0 bridgehead atoms. The molecule has 0 saturated carbocycles. The van der Waals surface area contributed by atoms with E-state index >= 15 is 0 Å². The smallest absolute Gasteiger partial charge is 0.496 e. The van der Waals surface area contributed by atoms with Crippen molar-refractivity contribution < 1.29 is 23.6 Å². The number of methoxy groups -OCH3 is 1. The Morgan fingerprint density at radius 3 is 2.18 bits per heavy atom. The quantitative estimate of drug-likeness (QED) is 0.629. The predicted molar refractivity (Wildman–Crippen MR) is 114 cm³/mol. The SMILES string of the molecule is COc1cc2cc(B3OC(C)(C)C(C)(C)O3)n(C(=O)OC(C)(C)C)c2cc1Br. The minimum atomic E-state index is -0.699. The summed E-state index contributed by atoms with van der Waals surface area (Å²) >= 11 is 3.50. The molecule has 0 atom stereocenters. The van der Waals surface area contributed by atoms with Crippen LogP contribution in [0.25, 0.3) is 10.9 Å². The number of halogens is 1. The van der Waals surface area contributed by atoms with E-state index in [0.717, 1.165) is 9.86 Å². The fraction of sp³-hybridized carbons (Fsp3) is 0.550. The lowest BCUT2D eigenvalue weighted by Gasteiger charge is -2.32. The van der Waals surface area contributed by atoms with E-state index < -0.39 is 30.0 Å². The Labute approximate surface area is 174 Å². The van der Waals surface area contributed by atoms with Gasteiger partial charge < -0.3 is 18.8 Å². The maximum atomic E-state index is 13.1. The van der Waals surface area contributed by atoms with Crippen molar-refractivity contribution in [3.63, 3.8) is 0 Å². The van der Waals surface area contributed by atoms with E-state index in [1.54, 1.807) is 7.11 Å². The molecule has 1 fully saturated rings. The Kier molecular flexibility index (Phi) is 5.14. The van der Waals surface area contributed by atoms with Gasteiger partial charge in [0.05, 0.1) is 33.9 Å². The molecule has 0 amide bonds. The molecule has 6 nitrogen and oxygen atoms in total. The van der Waals surface area contributed by atoms with Gasteiger partial charge in [0.25, 0.3) is 0 Å². The molecule has 3 rings (SSSR count). The van der Waals surface area contributed by atoms with Crippen LogP contribution in [0.3, 0.4) is 0 Å². The Bertz CT molecular complexity index is 913. The van der Waals surface area contributed by atoms with E-state index in [4.69, 9.17) is 18.8 Å². The fourth-order valence-electron chi connectivity index (χ4n) is 3.04. The van der Waals surface area contributed by atoms with Gasteiger partial charge in [-0.1, -0.05) is 0 Å². The maximum absolute atomic E-state index is 13.1. The van der Waals surface area contributed by atoms with Crippen molar-refractivity contribution in [2.75, 3.05) is 7.11 Å². The molecule has 0 N–H and O–H groups in total. The topological polar surface area (TPSA) is 58.9 Å². The number of hydrogen-bond donors (Lipinski definition) is 0. The second kappa shape index (κ2) is 6.78. The van der Waals surface area contributed by atoms with Gasteiger partial charge in [-0.25, -0.2) is 4.79 Å². The van der Waals surface area contributed by atoms with Crippen LogP contribution in [0.5, 0.6) is 5.75 Å². The molecule has 0 radical (unpaired) electrons. The Hall–Kier alpha value is -1.51. The van der Waals surface area contributed by atoms with E-state index in [9.17, 15) is 4.79 Å². The minimum Gasteiger partial charge on any atom is -0.496 e. The van der Waals surface area contributed by atoms with Gasteiger partial charge in [-0.3, -0.25) is 4.57 Å². The number of carbonyl (C=O) groups is 1. The summed E-state index contributed by atoms with van der Waals surface area (Å²) in [6, 6.07) is 5.60. The van der Waals surface area contributed by atoms with Crippen LogP contribution in [0.15, 0.2) is 22.7 Å². The van der Waals surface area contributed by atoms with Gasteiger partial charge in [0.1, 0.15) is 11.4 Å². The average Bonchev–Trinajstić information content (AvgIpc) is 2.99. The van der Waals surface area contributed by atoms with Crippen LogP contribution in [0.4, 0.5) is 4.79 Å². The van der Waals surface area contributed by atoms with Crippen molar-refractivity contribution in [3.8, 4) is 5.75 Å². The molecule has 2 aromatic rings. The molecular formula is C20H27BBrNO5. The van der Waals surface area contributed by atoms with Crippen LogP contribution < -0.4 is 10.3 Å². The predicted octanol–water partition coefficient (Wildman–Crippen LogP) is 4.49. The van der Waals surface area contributed by atoms with E-state index in [1.807, 2.05) is 66.7 Å². The van der Waals surface area contributed by atoms with E-state index in [0.29, 0.717) is 16.9 Å². The van der Waals surface area contributed by atoms with Crippen LogP contribution in [0.1, 0.15) is 48.5 Å². The van der Waals surface area contributed by atoms with Crippen molar-refractivity contribution in [2.45, 2.75) is 65.3 Å². The summed E-state index contributed by atoms with van der Waals surface area (Å²) in [5.74, 6) is 0.675. The van der Waals surface area contributed by atoms with Gasteiger partial charge in [-0.15, -0.1) is 0 Å². The summed E-state index contributed by atoms with van der Waals surface area (Å²) in [6.07, 6.45) is -0.482. The van der Waals surface area contributed by atoms with Crippen LogP contribution in [-0.4, -0.2) is 41.7 Å². The summed E-state index contributed by atoms with van der Waals surface area (Å²) in [5, 5.41) is 0.829. The van der Waals surface area contributed by atoms with Gasteiger partial charge in [0.2, 0.25) is 0 Å². The third-order valence-corrected chi connectivity index (χ3v) is 5.79.